The second-order valence-electron chi connectivity index (χ2n) is 7.90. The molecule has 1 aliphatic heterocycles. The lowest BCUT2D eigenvalue weighted by Crippen LogP contribution is -2.34. The molecule has 0 aromatic heterocycles. The van der Waals surface area contributed by atoms with E-state index in [1.807, 2.05) is 26.0 Å². The van der Waals surface area contributed by atoms with Gasteiger partial charge in [-0.15, -0.1) is 0 Å². The van der Waals surface area contributed by atoms with Gasteiger partial charge in [-0.2, -0.15) is 4.99 Å². The average molecular weight is 469 g/mol. The van der Waals surface area contributed by atoms with Gasteiger partial charge >= 0.3 is 0 Å². The van der Waals surface area contributed by atoms with Crippen molar-refractivity contribution in [3.05, 3.63) is 53.1 Å². The topological polar surface area (TPSA) is 80.4 Å². The molecule has 0 aliphatic carbocycles. The van der Waals surface area contributed by atoms with E-state index in [0.717, 1.165) is 50.3 Å². The van der Waals surface area contributed by atoms with E-state index in [2.05, 4.69) is 34.7 Å². The summed E-state index contributed by atoms with van der Waals surface area (Å²) in [5, 5.41) is 0. The number of rotatable bonds is 11. The van der Waals surface area contributed by atoms with Crippen LogP contribution in [0.4, 0.5) is 5.69 Å². The Labute approximate surface area is 204 Å². The normalized spacial score (nSPS) is 13.0. The van der Waals surface area contributed by atoms with Gasteiger partial charge in [-0.05, 0) is 63.2 Å². The molecule has 1 amide bonds. The van der Waals surface area contributed by atoms with Crippen LogP contribution < -0.4 is 20.1 Å². The highest BCUT2D eigenvalue weighted by molar-refractivity contribution is 6.10. The summed E-state index contributed by atoms with van der Waals surface area (Å²) in [6.07, 6.45) is 0.895. The van der Waals surface area contributed by atoms with Crippen molar-refractivity contribution in [1.29, 1.82) is 0 Å². The largest absolute Gasteiger partial charge is 0.490 e. The molecule has 0 radical (unpaired) electrons. The van der Waals surface area contributed by atoms with E-state index in [4.69, 9.17) is 15.2 Å². The molecular weight excluding hydrogens is 428 g/mol. The van der Waals surface area contributed by atoms with E-state index in [1.165, 1.54) is 5.69 Å². The molecule has 2 N–H and O–H groups in total. The number of fused-ring (bicyclic) bond motifs is 1. The van der Waals surface area contributed by atoms with Crippen molar-refractivity contribution in [3.8, 4) is 11.5 Å². The second kappa shape index (κ2) is 13.0. The summed E-state index contributed by atoms with van der Waals surface area (Å²) in [6, 6.07) is 11.2. The first-order valence-electron chi connectivity index (χ1n) is 11.9. The molecule has 0 atom stereocenters. The Bertz CT molecular complexity index is 986. The Balaban J connectivity index is 0.00000408. The summed E-state index contributed by atoms with van der Waals surface area (Å²) < 4.78 is 11.2. The number of aliphatic imine (C=N–C) groups is 1. The lowest BCUT2D eigenvalue weighted by molar-refractivity contribution is 0.100. The van der Waals surface area contributed by atoms with Crippen LogP contribution in [0.15, 0.2) is 41.4 Å². The van der Waals surface area contributed by atoms with E-state index in [-0.39, 0.29) is 13.3 Å². The van der Waals surface area contributed by atoms with Gasteiger partial charge in [0.15, 0.2) is 11.5 Å². The average Bonchev–Trinajstić information content (AvgIpc) is 3.24. The summed E-state index contributed by atoms with van der Waals surface area (Å²) in [4.78, 5) is 21.9. The fraction of sp³-hybridized carbons (Fsp3) is 0.481. The van der Waals surface area contributed by atoms with E-state index in [1.54, 1.807) is 18.2 Å². The molecule has 0 bridgehead atoms. The van der Waals surface area contributed by atoms with Crippen molar-refractivity contribution in [3.63, 3.8) is 0 Å². The van der Waals surface area contributed by atoms with Gasteiger partial charge in [0, 0.05) is 36.4 Å². The molecule has 34 heavy (non-hydrogen) atoms. The Kier molecular flexibility index (Phi) is 10.4. The zero-order chi connectivity index (χ0) is 23.8. The smallest absolute Gasteiger partial charge is 0.279 e. The van der Waals surface area contributed by atoms with Crippen LogP contribution in [0.5, 0.6) is 11.5 Å². The number of nitrogens with two attached hydrogens (primary N) is 1. The van der Waals surface area contributed by atoms with Gasteiger partial charge in [-0.1, -0.05) is 33.4 Å². The maximum atomic E-state index is 12.9. The molecule has 0 saturated carbocycles. The first-order valence-corrected chi connectivity index (χ1v) is 11.9. The number of anilines is 1. The number of nitrogens with zero attached hydrogens (tertiary/aromatic N) is 3. The first-order chi connectivity index (χ1) is 16.0. The lowest BCUT2D eigenvalue weighted by Gasteiger charge is -2.25. The number of hydrogen-bond acceptors (Lipinski definition) is 5. The Morgan fingerprint density at radius 3 is 2.44 bits per heavy atom. The molecule has 3 rings (SSSR count). The molecular formula is C27H40N4O3. The van der Waals surface area contributed by atoms with Crippen molar-refractivity contribution >= 4 is 17.4 Å². The van der Waals surface area contributed by atoms with Crippen molar-refractivity contribution in [2.45, 2.75) is 41.5 Å². The van der Waals surface area contributed by atoms with Gasteiger partial charge in [0.05, 0.1) is 13.2 Å². The zero-order valence-corrected chi connectivity index (χ0v) is 20.3. The van der Waals surface area contributed by atoms with Crippen LogP contribution in [-0.4, -0.2) is 62.6 Å². The number of benzene rings is 2. The maximum absolute atomic E-state index is 12.9. The van der Waals surface area contributed by atoms with Crippen LogP contribution in [-0.2, 0) is 6.42 Å². The number of hydrogen-bond donors (Lipinski definition) is 1. The van der Waals surface area contributed by atoms with Crippen LogP contribution in [0, 0.1) is 0 Å². The second-order valence-corrected chi connectivity index (χ2v) is 7.90. The molecule has 0 unspecified atom stereocenters. The van der Waals surface area contributed by atoms with Gasteiger partial charge in [-0.25, -0.2) is 0 Å². The maximum Gasteiger partial charge on any atom is 0.279 e. The fourth-order valence-corrected chi connectivity index (χ4v) is 4.19. The number of ether oxygens (including phenoxy) is 2. The van der Waals surface area contributed by atoms with Crippen LogP contribution in [0.25, 0.3) is 0 Å². The number of amides is 1. The first kappa shape index (κ1) is 27.2. The Hall–Kier alpha value is -3.06. The zero-order valence-electron chi connectivity index (χ0n) is 20.3. The van der Waals surface area contributed by atoms with Crippen LogP contribution in [0.1, 0.15) is 56.6 Å². The minimum Gasteiger partial charge on any atom is -0.490 e. The minimum atomic E-state index is -0.398. The molecule has 1 heterocycles. The lowest BCUT2D eigenvalue weighted by atomic mass is 10.0. The Morgan fingerprint density at radius 2 is 1.76 bits per heavy atom. The van der Waals surface area contributed by atoms with E-state index in [0.29, 0.717) is 30.3 Å². The quantitative estimate of drug-likeness (QED) is 0.390. The summed E-state index contributed by atoms with van der Waals surface area (Å²) in [5.41, 5.74) is 9.93. The minimum absolute atomic E-state index is 0. The molecule has 0 spiro atoms. The van der Waals surface area contributed by atoms with Gasteiger partial charge in [0.25, 0.3) is 5.91 Å². The third kappa shape index (κ3) is 6.29. The summed E-state index contributed by atoms with van der Waals surface area (Å²) in [6.45, 7) is 14.2. The predicted octanol–water partition coefficient (Wildman–Crippen LogP) is 4.37. The summed E-state index contributed by atoms with van der Waals surface area (Å²) >= 11 is 0. The highest BCUT2D eigenvalue weighted by Gasteiger charge is 2.23. The van der Waals surface area contributed by atoms with Crippen molar-refractivity contribution in [2.75, 3.05) is 50.8 Å². The highest BCUT2D eigenvalue weighted by Crippen LogP contribution is 2.31. The fourth-order valence-electron chi connectivity index (χ4n) is 4.19. The molecule has 186 valence electrons. The van der Waals surface area contributed by atoms with Crippen LogP contribution in [0.2, 0.25) is 0 Å². The highest BCUT2D eigenvalue weighted by atomic mass is 16.5. The number of amidine groups is 1. The van der Waals surface area contributed by atoms with Crippen LogP contribution >= 0.6 is 0 Å². The SMILES string of the molecule is C.CCOc1ccc(C(=O)N=C(N)c2cccc3c2CCN3CCN(CC)CC)cc1OCC. The number of carbonyl (C=O) groups excluding carboxylic acids is 1. The van der Waals surface area contributed by atoms with Crippen LogP contribution in [0.3, 0.4) is 0 Å². The van der Waals surface area contributed by atoms with E-state index < -0.39 is 5.91 Å². The number of carbonyl (C=O) groups is 1. The molecule has 7 heteroatoms. The predicted molar refractivity (Wildman–Crippen MR) is 141 cm³/mol. The summed E-state index contributed by atoms with van der Waals surface area (Å²) in [5.74, 6) is 0.988. The number of likely N-dealkylation sites (N-methyl/N-ethyl adjacent to an activating group) is 1. The monoisotopic (exact) mass is 468 g/mol. The Morgan fingerprint density at radius 1 is 1.06 bits per heavy atom. The van der Waals surface area contributed by atoms with Crippen molar-refractivity contribution in [2.24, 2.45) is 10.7 Å². The molecule has 1 aliphatic rings. The van der Waals surface area contributed by atoms with Gasteiger partial charge in [0.1, 0.15) is 5.84 Å². The standard InChI is InChI=1S/C26H36N4O3.CH4/c1-5-29(6-2)16-17-30-15-14-20-21(10-9-11-22(20)30)25(27)28-26(31)19-12-13-23(32-7-3)24(18-19)33-8-4;/h9-13,18H,5-8,14-17H2,1-4H3,(H2,27,28,31);1H4. The van der Waals surface area contributed by atoms with Gasteiger partial charge in [0.2, 0.25) is 0 Å². The molecule has 0 saturated heterocycles. The van der Waals surface area contributed by atoms with Crippen molar-refractivity contribution in [1.82, 2.24) is 4.90 Å². The van der Waals surface area contributed by atoms with E-state index >= 15 is 0 Å². The molecule has 0 fully saturated rings. The molecule has 2 aromatic rings. The third-order valence-electron chi connectivity index (χ3n) is 5.99. The van der Waals surface area contributed by atoms with Gasteiger partial charge < -0.3 is 25.0 Å². The molecule has 2 aromatic carbocycles. The molecule has 7 nitrogen and oxygen atoms in total. The van der Waals surface area contributed by atoms with Crippen molar-refractivity contribution < 1.29 is 14.3 Å². The summed E-state index contributed by atoms with van der Waals surface area (Å²) in [7, 11) is 0. The van der Waals surface area contributed by atoms with Gasteiger partial charge in [-0.3, -0.25) is 4.79 Å². The van der Waals surface area contributed by atoms with E-state index in [9.17, 15) is 4.79 Å². The third-order valence-corrected chi connectivity index (χ3v) is 5.99.